The van der Waals surface area contributed by atoms with Gasteiger partial charge in [0.1, 0.15) is 0 Å². The van der Waals surface area contributed by atoms with Gasteiger partial charge in [0.2, 0.25) is 0 Å². The van der Waals surface area contributed by atoms with Crippen molar-refractivity contribution < 1.29 is 7.85 Å². The molecule has 76 valence electrons. The molecule has 0 bridgehead atoms. The summed E-state index contributed by atoms with van der Waals surface area (Å²) in [4.78, 5) is 0. The van der Waals surface area contributed by atoms with Crippen molar-refractivity contribution in [3.8, 4) is 0 Å². The van der Waals surface area contributed by atoms with Crippen LogP contribution in [0.1, 0.15) is 51.9 Å². The van der Waals surface area contributed by atoms with Gasteiger partial charge < -0.3 is 5.11 Å². The molecule has 1 aromatic rings. The highest BCUT2D eigenvalue weighted by atomic mass is 16.3. The summed E-state index contributed by atoms with van der Waals surface area (Å²) >= 11 is 0. The Kier molecular flexibility index (Phi) is 2.46. The third-order valence-corrected chi connectivity index (χ3v) is 3.12. The standard InChI is InChI=1S/C13H18O/c14-10-11-6-8-13(9-7-11)12-4-2-1-3-5-12/h6-9,12,14H,1-5,10H2/i10D2. The van der Waals surface area contributed by atoms with Gasteiger partial charge in [0.15, 0.2) is 0 Å². The molecule has 14 heavy (non-hydrogen) atoms. The van der Waals surface area contributed by atoms with Crippen LogP contribution in [-0.4, -0.2) is 5.11 Å². The molecule has 1 aliphatic rings. The molecule has 1 N–H and O–H groups in total. The molecule has 0 unspecified atom stereocenters. The molecule has 1 fully saturated rings. The van der Waals surface area contributed by atoms with Crippen LogP contribution in [-0.2, 0) is 6.56 Å². The Morgan fingerprint density at radius 3 is 2.36 bits per heavy atom. The van der Waals surface area contributed by atoms with Gasteiger partial charge in [0.05, 0.1) is 9.30 Å². The lowest BCUT2D eigenvalue weighted by atomic mass is 9.84. The van der Waals surface area contributed by atoms with E-state index in [2.05, 4.69) is 0 Å². The van der Waals surface area contributed by atoms with Crippen LogP contribution in [0.15, 0.2) is 24.3 Å². The highest BCUT2D eigenvalue weighted by Gasteiger charge is 2.14. The Bertz CT molecular complexity index is 334. The second kappa shape index (κ2) is 4.61. The molecule has 1 aliphatic carbocycles. The second-order valence-electron chi connectivity index (χ2n) is 4.07. The molecule has 1 heteroatoms. The Hall–Kier alpha value is -0.820. The first kappa shape index (κ1) is 7.47. The van der Waals surface area contributed by atoms with Crippen LogP contribution >= 0.6 is 0 Å². The summed E-state index contributed by atoms with van der Waals surface area (Å²) in [6.45, 7) is -2.22. The molecule has 0 spiro atoms. The van der Waals surface area contributed by atoms with Gasteiger partial charge in [-0.05, 0) is 29.9 Å². The van der Waals surface area contributed by atoms with Gasteiger partial charge >= 0.3 is 0 Å². The number of benzene rings is 1. The number of hydrogen-bond donors (Lipinski definition) is 1. The van der Waals surface area contributed by atoms with Crippen LogP contribution in [0, 0.1) is 0 Å². The zero-order valence-electron chi connectivity index (χ0n) is 10.4. The Labute approximate surface area is 88.6 Å². The first-order valence-corrected chi connectivity index (χ1v) is 5.40. The summed E-state index contributed by atoms with van der Waals surface area (Å²) in [6, 6.07) is 7.31. The molecule has 0 amide bonds. The van der Waals surface area contributed by atoms with Gasteiger partial charge in [-0.25, -0.2) is 0 Å². The van der Waals surface area contributed by atoms with Crippen molar-refractivity contribution in [3.05, 3.63) is 35.4 Å². The predicted octanol–water partition coefficient (Wildman–Crippen LogP) is 3.23. The van der Waals surface area contributed by atoms with Gasteiger partial charge in [-0.2, -0.15) is 0 Å². The zero-order valence-corrected chi connectivity index (χ0v) is 8.37. The van der Waals surface area contributed by atoms with Crippen molar-refractivity contribution in [2.75, 3.05) is 0 Å². The molecule has 1 aromatic carbocycles. The van der Waals surface area contributed by atoms with E-state index in [0.29, 0.717) is 11.5 Å². The highest BCUT2D eigenvalue weighted by molar-refractivity contribution is 5.25. The van der Waals surface area contributed by atoms with Crippen LogP contribution in [0.2, 0.25) is 0 Å². The maximum Gasteiger partial charge on any atom is 0.0681 e. The molecular weight excluding hydrogens is 172 g/mol. The fraction of sp³-hybridized carbons (Fsp3) is 0.538. The zero-order chi connectivity index (χ0) is 11.6. The predicted molar refractivity (Wildman–Crippen MR) is 58.2 cm³/mol. The summed E-state index contributed by atoms with van der Waals surface area (Å²) in [5, 5.41) is 9.22. The first-order valence-electron chi connectivity index (χ1n) is 6.40. The average Bonchev–Trinajstić information content (AvgIpc) is 2.29. The maximum absolute atomic E-state index is 9.22. The molecule has 0 aromatic heterocycles. The van der Waals surface area contributed by atoms with E-state index in [4.69, 9.17) is 2.74 Å². The van der Waals surface area contributed by atoms with E-state index in [1.807, 2.05) is 12.1 Å². The normalized spacial score (nSPS) is 21.5. The van der Waals surface area contributed by atoms with Crippen LogP contribution in [0.3, 0.4) is 0 Å². The molecule has 1 saturated carbocycles. The van der Waals surface area contributed by atoms with Crippen molar-refractivity contribution in [2.24, 2.45) is 0 Å². The van der Waals surface area contributed by atoms with Crippen molar-refractivity contribution in [1.29, 1.82) is 0 Å². The van der Waals surface area contributed by atoms with Crippen LogP contribution in [0.5, 0.6) is 0 Å². The molecule has 0 saturated heterocycles. The summed E-state index contributed by atoms with van der Waals surface area (Å²) in [5.74, 6) is 0.632. The molecule has 0 radical (unpaired) electrons. The fourth-order valence-electron chi connectivity index (χ4n) is 2.27. The lowest BCUT2D eigenvalue weighted by Gasteiger charge is -2.21. The van der Waals surface area contributed by atoms with Gasteiger partial charge in [-0.1, -0.05) is 43.5 Å². The Morgan fingerprint density at radius 1 is 1.14 bits per heavy atom. The minimum Gasteiger partial charge on any atom is -0.392 e. The highest BCUT2D eigenvalue weighted by Crippen LogP contribution is 2.32. The number of rotatable bonds is 2. The summed E-state index contributed by atoms with van der Waals surface area (Å²) in [7, 11) is 0. The maximum atomic E-state index is 9.22. The van der Waals surface area contributed by atoms with Crippen molar-refractivity contribution in [1.82, 2.24) is 0 Å². The van der Waals surface area contributed by atoms with Gasteiger partial charge in [-0.15, -0.1) is 0 Å². The third kappa shape index (κ3) is 2.16. The van der Waals surface area contributed by atoms with E-state index in [-0.39, 0.29) is 0 Å². The Morgan fingerprint density at radius 2 is 1.79 bits per heavy atom. The third-order valence-electron chi connectivity index (χ3n) is 3.12. The molecule has 1 nitrogen and oxygen atoms in total. The van der Waals surface area contributed by atoms with Crippen LogP contribution in [0.4, 0.5) is 0 Å². The topological polar surface area (TPSA) is 20.2 Å². The van der Waals surface area contributed by atoms with Crippen molar-refractivity contribution in [3.63, 3.8) is 0 Å². The van der Waals surface area contributed by atoms with E-state index in [0.717, 1.165) is 0 Å². The van der Waals surface area contributed by atoms with Crippen molar-refractivity contribution in [2.45, 2.75) is 44.6 Å². The largest absolute Gasteiger partial charge is 0.392 e. The van der Waals surface area contributed by atoms with Gasteiger partial charge in [0, 0.05) is 0 Å². The molecule has 0 aliphatic heterocycles. The minimum absolute atomic E-state index is 0.340. The molecule has 0 atom stereocenters. The van der Waals surface area contributed by atoms with Gasteiger partial charge in [-0.3, -0.25) is 0 Å². The molecule has 0 heterocycles. The van der Waals surface area contributed by atoms with E-state index in [1.54, 1.807) is 12.1 Å². The minimum atomic E-state index is -2.22. The fourth-order valence-corrected chi connectivity index (χ4v) is 2.27. The quantitative estimate of drug-likeness (QED) is 0.762. The first-order chi connectivity index (χ1) is 7.57. The van der Waals surface area contributed by atoms with E-state index < -0.39 is 6.56 Å². The van der Waals surface area contributed by atoms with E-state index >= 15 is 0 Å². The smallest absolute Gasteiger partial charge is 0.0681 e. The number of aliphatic hydroxyl groups is 1. The number of hydrogen-bond acceptors (Lipinski definition) is 1. The lowest BCUT2D eigenvalue weighted by molar-refractivity contribution is 0.282. The summed E-state index contributed by atoms with van der Waals surface area (Å²) in [6.07, 6.45) is 6.42. The average molecular weight is 192 g/mol. The second-order valence-corrected chi connectivity index (χ2v) is 4.07. The molecule has 2 rings (SSSR count). The van der Waals surface area contributed by atoms with Gasteiger partial charge in [0.25, 0.3) is 0 Å². The van der Waals surface area contributed by atoms with E-state index in [1.165, 1.54) is 37.7 Å². The Balaban J connectivity index is 2.12. The van der Waals surface area contributed by atoms with E-state index in [9.17, 15) is 5.11 Å². The molecular formula is C13H18O. The monoisotopic (exact) mass is 192 g/mol. The van der Waals surface area contributed by atoms with Crippen molar-refractivity contribution >= 4 is 0 Å². The van der Waals surface area contributed by atoms with Crippen LogP contribution < -0.4 is 0 Å². The lowest BCUT2D eigenvalue weighted by Crippen LogP contribution is -2.04. The van der Waals surface area contributed by atoms with Crippen LogP contribution in [0.25, 0.3) is 0 Å². The summed E-state index contributed by atoms with van der Waals surface area (Å²) < 4.78 is 14.4. The SMILES string of the molecule is [2H]C([2H])(O)c1ccc(C2CCCCC2)cc1. The summed E-state index contributed by atoms with van der Waals surface area (Å²) in [5.41, 5.74) is 1.62.